The number of carbonyl (C=O) groups is 1. The van der Waals surface area contributed by atoms with Gasteiger partial charge in [-0.3, -0.25) is 9.48 Å². The maximum atomic E-state index is 12.0. The highest BCUT2D eigenvalue weighted by Gasteiger charge is 2.15. The highest BCUT2D eigenvalue weighted by Crippen LogP contribution is 2.32. The molecule has 0 N–H and O–H groups in total. The molecule has 18 heavy (non-hydrogen) atoms. The van der Waals surface area contributed by atoms with Gasteiger partial charge in [-0.15, -0.1) is 11.3 Å². The van der Waals surface area contributed by atoms with Gasteiger partial charge in [0.15, 0.2) is 5.78 Å². The summed E-state index contributed by atoms with van der Waals surface area (Å²) in [6.07, 6.45) is 0. The van der Waals surface area contributed by atoms with Crippen molar-refractivity contribution in [3.8, 4) is 0 Å². The standard InChI is InChI=1S/C11H10Cl2N2OS2/c1-6-3-10(15(2)14-6)17-5-8(16)7-4-9(12)18-11(7)13/h3-4H,5H2,1-2H3. The molecule has 0 saturated carbocycles. The third-order valence-corrected chi connectivity index (χ3v) is 4.84. The first-order valence-electron chi connectivity index (χ1n) is 5.09. The summed E-state index contributed by atoms with van der Waals surface area (Å²) in [6, 6.07) is 3.56. The molecule has 0 saturated heterocycles. The number of rotatable bonds is 4. The lowest BCUT2D eigenvalue weighted by Gasteiger charge is -2.00. The molecule has 0 unspecified atom stereocenters. The zero-order valence-corrected chi connectivity index (χ0v) is 12.9. The van der Waals surface area contributed by atoms with E-state index in [0.29, 0.717) is 20.0 Å². The minimum Gasteiger partial charge on any atom is -0.293 e. The summed E-state index contributed by atoms with van der Waals surface area (Å²) in [7, 11) is 1.86. The number of halogens is 2. The molecule has 0 spiro atoms. The molecule has 0 fully saturated rings. The smallest absolute Gasteiger partial charge is 0.175 e. The van der Waals surface area contributed by atoms with Gasteiger partial charge in [0, 0.05) is 12.6 Å². The van der Waals surface area contributed by atoms with Crippen molar-refractivity contribution in [2.45, 2.75) is 11.9 Å². The molecule has 2 aromatic rings. The maximum Gasteiger partial charge on any atom is 0.175 e. The SMILES string of the molecule is Cc1cc(SCC(=O)c2cc(Cl)sc2Cl)n(C)n1. The van der Waals surface area contributed by atoms with Crippen LogP contribution in [0, 0.1) is 6.92 Å². The summed E-state index contributed by atoms with van der Waals surface area (Å²) in [4.78, 5) is 12.0. The van der Waals surface area contributed by atoms with Crippen molar-refractivity contribution in [2.75, 3.05) is 5.75 Å². The number of nitrogens with zero attached hydrogens (tertiary/aromatic N) is 2. The molecule has 0 atom stereocenters. The van der Waals surface area contributed by atoms with Crippen LogP contribution in [0.4, 0.5) is 0 Å². The van der Waals surface area contributed by atoms with Crippen LogP contribution in [0.2, 0.25) is 8.67 Å². The molecule has 0 aliphatic rings. The molecule has 2 aromatic heterocycles. The largest absolute Gasteiger partial charge is 0.293 e. The second kappa shape index (κ2) is 5.65. The van der Waals surface area contributed by atoms with Gasteiger partial charge < -0.3 is 0 Å². The Bertz CT molecular complexity index is 592. The Labute approximate surface area is 123 Å². The minimum atomic E-state index is -0.0213. The Morgan fingerprint density at radius 2 is 2.22 bits per heavy atom. The number of thiophene rings is 1. The predicted molar refractivity (Wildman–Crippen MR) is 77.3 cm³/mol. The van der Waals surface area contributed by atoms with Crippen molar-refractivity contribution >= 4 is 52.1 Å². The number of hydrogen-bond acceptors (Lipinski definition) is 4. The molecule has 0 amide bonds. The Hall–Kier alpha value is -0.490. The lowest BCUT2D eigenvalue weighted by atomic mass is 10.2. The van der Waals surface area contributed by atoms with Gasteiger partial charge in [0.2, 0.25) is 0 Å². The fourth-order valence-corrected chi connectivity index (χ4v) is 3.88. The second-order valence-corrected chi connectivity index (χ2v) is 6.98. The molecular weight excluding hydrogens is 311 g/mol. The van der Waals surface area contributed by atoms with E-state index in [-0.39, 0.29) is 5.78 Å². The summed E-state index contributed by atoms with van der Waals surface area (Å²) in [5.74, 6) is 0.304. The highest BCUT2D eigenvalue weighted by atomic mass is 35.5. The average Bonchev–Trinajstić information content (AvgIpc) is 2.78. The van der Waals surface area contributed by atoms with Crippen LogP contribution in [-0.4, -0.2) is 21.3 Å². The lowest BCUT2D eigenvalue weighted by molar-refractivity contribution is 0.102. The maximum absolute atomic E-state index is 12.0. The van der Waals surface area contributed by atoms with E-state index in [1.54, 1.807) is 10.7 Å². The van der Waals surface area contributed by atoms with E-state index in [1.807, 2.05) is 20.0 Å². The van der Waals surface area contributed by atoms with Gasteiger partial charge in [-0.2, -0.15) is 5.10 Å². The zero-order chi connectivity index (χ0) is 13.3. The fraction of sp³-hybridized carbons (Fsp3) is 0.273. The van der Waals surface area contributed by atoms with Crippen molar-refractivity contribution in [3.05, 3.63) is 32.1 Å². The highest BCUT2D eigenvalue weighted by molar-refractivity contribution is 8.00. The van der Waals surface area contributed by atoms with Gasteiger partial charge in [0.25, 0.3) is 0 Å². The number of aryl methyl sites for hydroxylation is 2. The van der Waals surface area contributed by atoms with Gasteiger partial charge in [0.1, 0.15) is 4.34 Å². The summed E-state index contributed by atoms with van der Waals surface area (Å²) in [5.41, 5.74) is 1.43. The first-order valence-corrected chi connectivity index (χ1v) is 7.64. The number of aromatic nitrogens is 2. The third kappa shape index (κ3) is 3.09. The van der Waals surface area contributed by atoms with Crippen molar-refractivity contribution in [2.24, 2.45) is 7.05 Å². The van der Waals surface area contributed by atoms with Crippen LogP contribution in [0.25, 0.3) is 0 Å². The third-order valence-electron chi connectivity index (χ3n) is 2.27. The topological polar surface area (TPSA) is 34.9 Å². The summed E-state index contributed by atoms with van der Waals surface area (Å²) < 4.78 is 2.74. The minimum absolute atomic E-state index is 0.0213. The predicted octanol–water partition coefficient (Wildman–Crippen LogP) is 4.07. The number of hydrogen-bond donors (Lipinski definition) is 0. The summed E-state index contributed by atoms with van der Waals surface area (Å²) in [6.45, 7) is 1.92. The normalized spacial score (nSPS) is 10.9. The molecule has 0 radical (unpaired) electrons. The molecule has 0 aliphatic heterocycles. The van der Waals surface area contributed by atoms with Crippen LogP contribution in [0.5, 0.6) is 0 Å². The van der Waals surface area contributed by atoms with Crippen LogP contribution in [0.3, 0.4) is 0 Å². The number of Topliss-reactive ketones (excluding diaryl/α,β-unsaturated/α-hetero) is 1. The van der Waals surface area contributed by atoms with Crippen molar-refractivity contribution < 1.29 is 4.79 Å². The Balaban J connectivity index is 2.05. The van der Waals surface area contributed by atoms with Crippen molar-refractivity contribution in [3.63, 3.8) is 0 Å². The van der Waals surface area contributed by atoms with E-state index >= 15 is 0 Å². The van der Waals surface area contributed by atoms with Crippen LogP contribution >= 0.6 is 46.3 Å². The van der Waals surface area contributed by atoms with Gasteiger partial charge in [0.05, 0.1) is 20.8 Å². The van der Waals surface area contributed by atoms with Gasteiger partial charge in [-0.25, -0.2) is 0 Å². The van der Waals surface area contributed by atoms with Crippen molar-refractivity contribution in [1.29, 1.82) is 0 Å². The Morgan fingerprint density at radius 1 is 1.50 bits per heavy atom. The van der Waals surface area contributed by atoms with Gasteiger partial charge >= 0.3 is 0 Å². The van der Waals surface area contributed by atoms with E-state index in [4.69, 9.17) is 23.2 Å². The van der Waals surface area contributed by atoms with E-state index in [1.165, 1.54) is 23.1 Å². The summed E-state index contributed by atoms with van der Waals surface area (Å²) in [5, 5.41) is 5.18. The molecule has 0 aromatic carbocycles. The molecule has 3 nitrogen and oxygen atoms in total. The van der Waals surface area contributed by atoms with Crippen LogP contribution in [0.15, 0.2) is 17.2 Å². The van der Waals surface area contributed by atoms with E-state index in [9.17, 15) is 4.79 Å². The quantitative estimate of drug-likeness (QED) is 0.629. The molecule has 2 heterocycles. The monoisotopic (exact) mass is 320 g/mol. The first-order chi connectivity index (χ1) is 8.47. The molecule has 0 bridgehead atoms. The van der Waals surface area contributed by atoms with Crippen LogP contribution in [-0.2, 0) is 7.05 Å². The second-order valence-electron chi connectivity index (χ2n) is 3.70. The van der Waals surface area contributed by atoms with Crippen molar-refractivity contribution in [1.82, 2.24) is 9.78 Å². The Morgan fingerprint density at radius 3 is 2.72 bits per heavy atom. The number of ketones is 1. The number of thioether (sulfide) groups is 1. The van der Waals surface area contributed by atoms with Crippen LogP contribution in [0.1, 0.15) is 16.1 Å². The molecule has 2 rings (SSSR count). The first kappa shape index (κ1) is 13.9. The number of carbonyl (C=O) groups excluding carboxylic acids is 1. The summed E-state index contributed by atoms with van der Waals surface area (Å²) >= 11 is 14.4. The average molecular weight is 321 g/mol. The van der Waals surface area contributed by atoms with Gasteiger partial charge in [-0.05, 0) is 19.1 Å². The van der Waals surface area contributed by atoms with Gasteiger partial charge in [-0.1, -0.05) is 35.0 Å². The zero-order valence-electron chi connectivity index (χ0n) is 9.74. The van der Waals surface area contributed by atoms with E-state index in [2.05, 4.69) is 5.10 Å². The van der Waals surface area contributed by atoms with Crippen LogP contribution < -0.4 is 0 Å². The lowest BCUT2D eigenvalue weighted by Crippen LogP contribution is -2.02. The molecule has 7 heteroatoms. The molecule has 96 valence electrons. The molecular formula is C11H10Cl2N2OS2. The van der Waals surface area contributed by atoms with E-state index in [0.717, 1.165) is 10.7 Å². The Kier molecular flexibility index (Phi) is 4.37. The van der Waals surface area contributed by atoms with E-state index < -0.39 is 0 Å². The molecule has 0 aliphatic carbocycles. The fourth-order valence-electron chi connectivity index (χ4n) is 1.47.